The molecule has 1 N–H and O–H groups in total. The molecule has 1 unspecified atom stereocenters. The van der Waals surface area contributed by atoms with Gasteiger partial charge in [0, 0.05) is 25.0 Å². The SMILES string of the molecule is CCCC(=O)NC1CCCN(C2CCCCCC2)C1. The van der Waals surface area contributed by atoms with Crippen LogP contribution in [-0.4, -0.2) is 36.0 Å². The molecule has 110 valence electrons. The van der Waals surface area contributed by atoms with Crippen LogP contribution in [-0.2, 0) is 4.79 Å². The summed E-state index contributed by atoms with van der Waals surface area (Å²) in [5.41, 5.74) is 0. The van der Waals surface area contributed by atoms with Gasteiger partial charge in [0.1, 0.15) is 0 Å². The van der Waals surface area contributed by atoms with Crippen LogP contribution in [0.5, 0.6) is 0 Å². The van der Waals surface area contributed by atoms with Gasteiger partial charge in [-0.2, -0.15) is 0 Å². The highest BCUT2D eigenvalue weighted by atomic mass is 16.1. The van der Waals surface area contributed by atoms with Gasteiger partial charge in [0.25, 0.3) is 0 Å². The number of carbonyl (C=O) groups excluding carboxylic acids is 1. The molecule has 1 saturated heterocycles. The largest absolute Gasteiger partial charge is 0.352 e. The highest BCUT2D eigenvalue weighted by Gasteiger charge is 2.26. The second-order valence-corrected chi connectivity index (χ2v) is 6.30. The second kappa shape index (κ2) is 7.88. The van der Waals surface area contributed by atoms with Crippen LogP contribution in [0.4, 0.5) is 0 Å². The molecule has 0 aromatic carbocycles. The average Bonchev–Trinajstić information content (AvgIpc) is 2.68. The van der Waals surface area contributed by atoms with Crippen LogP contribution in [0.25, 0.3) is 0 Å². The second-order valence-electron chi connectivity index (χ2n) is 6.30. The predicted octanol–water partition coefficient (Wildman–Crippen LogP) is 3.09. The van der Waals surface area contributed by atoms with Gasteiger partial charge in [0.15, 0.2) is 0 Å². The molecule has 1 aliphatic carbocycles. The summed E-state index contributed by atoms with van der Waals surface area (Å²) >= 11 is 0. The number of piperidine rings is 1. The summed E-state index contributed by atoms with van der Waals surface area (Å²) in [6.07, 6.45) is 12.4. The van der Waals surface area contributed by atoms with Crippen molar-refractivity contribution in [2.45, 2.75) is 83.2 Å². The summed E-state index contributed by atoms with van der Waals surface area (Å²) in [6.45, 7) is 4.39. The molecular weight excluding hydrogens is 236 g/mol. The topological polar surface area (TPSA) is 32.3 Å². The smallest absolute Gasteiger partial charge is 0.220 e. The van der Waals surface area contributed by atoms with Gasteiger partial charge >= 0.3 is 0 Å². The Hall–Kier alpha value is -0.570. The van der Waals surface area contributed by atoms with Gasteiger partial charge in [-0.15, -0.1) is 0 Å². The monoisotopic (exact) mass is 266 g/mol. The van der Waals surface area contributed by atoms with E-state index in [9.17, 15) is 4.79 Å². The van der Waals surface area contributed by atoms with E-state index in [1.165, 1.54) is 57.9 Å². The third-order valence-corrected chi connectivity index (χ3v) is 4.64. The zero-order valence-corrected chi connectivity index (χ0v) is 12.5. The first-order valence-corrected chi connectivity index (χ1v) is 8.33. The number of amides is 1. The fraction of sp³-hybridized carbons (Fsp3) is 0.938. The zero-order valence-electron chi connectivity index (χ0n) is 12.5. The van der Waals surface area contributed by atoms with Crippen molar-refractivity contribution in [1.29, 1.82) is 0 Å². The molecule has 1 heterocycles. The first-order chi connectivity index (χ1) is 9.29. The van der Waals surface area contributed by atoms with Crippen molar-refractivity contribution < 1.29 is 4.79 Å². The molecule has 0 radical (unpaired) electrons. The Labute approximate surface area is 118 Å². The molecule has 19 heavy (non-hydrogen) atoms. The van der Waals surface area contributed by atoms with Crippen LogP contribution in [0.2, 0.25) is 0 Å². The van der Waals surface area contributed by atoms with Crippen LogP contribution in [0.1, 0.15) is 71.1 Å². The molecule has 0 aromatic rings. The lowest BCUT2D eigenvalue weighted by molar-refractivity contribution is -0.122. The number of likely N-dealkylation sites (tertiary alicyclic amines) is 1. The minimum absolute atomic E-state index is 0.246. The third kappa shape index (κ3) is 4.79. The van der Waals surface area contributed by atoms with Crippen molar-refractivity contribution in [3.8, 4) is 0 Å². The fourth-order valence-corrected chi connectivity index (χ4v) is 3.61. The van der Waals surface area contributed by atoms with Crippen molar-refractivity contribution in [3.63, 3.8) is 0 Å². The summed E-state index contributed by atoms with van der Waals surface area (Å²) < 4.78 is 0. The molecular formula is C16H30N2O. The predicted molar refractivity (Wildman–Crippen MR) is 79.1 cm³/mol. The Bertz CT molecular complexity index is 272. The van der Waals surface area contributed by atoms with E-state index in [0.717, 1.165) is 19.0 Å². The number of rotatable bonds is 4. The first kappa shape index (κ1) is 14.8. The van der Waals surface area contributed by atoms with Gasteiger partial charge < -0.3 is 5.32 Å². The van der Waals surface area contributed by atoms with E-state index in [1.54, 1.807) is 0 Å². The van der Waals surface area contributed by atoms with Crippen molar-refractivity contribution in [2.75, 3.05) is 13.1 Å². The van der Waals surface area contributed by atoms with E-state index in [-0.39, 0.29) is 5.91 Å². The van der Waals surface area contributed by atoms with E-state index in [4.69, 9.17) is 0 Å². The lowest BCUT2D eigenvalue weighted by Gasteiger charge is -2.38. The molecule has 0 aromatic heterocycles. The van der Waals surface area contributed by atoms with E-state index < -0.39 is 0 Å². The maximum atomic E-state index is 11.7. The molecule has 3 heteroatoms. The molecule has 2 rings (SSSR count). The van der Waals surface area contributed by atoms with Gasteiger partial charge in [-0.3, -0.25) is 9.69 Å². The van der Waals surface area contributed by atoms with Crippen molar-refractivity contribution >= 4 is 5.91 Å². The lowest BCUT2D eigenvalue weighted by atomic mass is 10.00. The minimum atomic E-state index is 0.246. The number of nitrogens with one attached hydrogen (secondary N) is 1. The molecule has 2 fully saturated rings. The highest BCUT2D eigenvalue weighted by molar-refractivity contribution is 5.76. The van der Waals surface area contributed by atoms with Crippen molar-refractivity contribution in [1.82, 2.24) is 10.2 Å². The zero-order chi connectivity index (χ0) is 13.5. The molecule has 2 aliphatic rings. The maximum absolute atomic E-state index is 11.7. The summed E-state index contributed by atoms with van der Waals surface area (Å²) in [6, 6.07) is 1.18. The molecule has 3 nitrogen and oxygen atoms in total. The molecule has 1 saturated carbocycles. The van der Waals surface area contributed by atoms with Crippen LogP contribution in [0, 0.1) is 0 Å². The van der Waals surface area contributed by atoms with Crippen LogP contribution >= 0.6 is 0 Å². The normalized spacial score (nSPS) is 26.9. The van der Waals surface area contributed by atoms with E-state index in [0.29, 0.717) is 12.5 Å². The van der Waals surface area contributed by atoms with E-state index in [1.807, 2.05) is 0 Å². The van der Waals surface area contributed by atoms with E-state index >= 15 is 0 Å². The Kier molecular flexibility index (Phi) is 6.15. The van der Waals surface area contributed by atoms with Gasteiger partial charge in [-0.1, -0.05) is 32.6 Å². The maximum Gasteiger partial charge on any atom is 0.220 e. The summed E-state index contributed by atoms with van der Waals surface area (Å²) in [4.78, 5) is 14.4. The number of nitrogens with zero attached hydrogens (tertiary/aromatic N) is 1. The molecule has 1 atom stereocenters. The molecule has 1 amide bonds. The highest BCUT2D eigenvalue weighted by Crippen LogP contribution is 2.24. The summed E-state index contributed by atoms with van der Waals surface area (Å²) in [7, 11) is 0. The molecule has 1 aliphatic heterocycles. The molecule has 0 bridgehead atoms. The quantitative estimate of drug-likeness (QED) is 0.793. The first-order valence-electron chi connectivity index (χ1n) is 8.33. The molecule has 0 spiro atoms. The Morgan fingerprint density at radius 2 is 1.84 bits per heavy atom. The van der Waals surface area contributed by atoms with Crippen molar-refractivity contribution in [3.05, 3.63) is 0 Å². The minimum Gasteiger partial charge on any atom is -0.352 e. The number of hydrogen-bond acceptors (Lipinski definition) is 2. The Morgan fingerprint density at radius 1 is 1.11 bits per heavy atom. The van der Waals surface area contributed by atoms with Crippen LogP contribution < -0.4 is 5.32 Å². The average molecular weight is 266 g/mol. The lowest BCUT2D eigenvalue weighted by Crippen LogP contribution is -2.50. The standard InChI is InChI=1S/C16H30N2O/c1-2-8-16(19)17-14-9-7-12-18(13-14)15-10-5-3-4-6-11-15/h14-15H,2-13H2,1H3,(H,17,19). The van der Waals surface area contributed by atoms with Gasteiger partial charge in [-0.05, 0) is 38.6 Å². The number of hydrogen-bond donors (Lipinski definition) is 1. The Morgan fingerprint density at radius 3 is 2.53 bits per heavy atom. The van der Waals surface area contributed by atoms with Crippen LogP contribution in [0.15, 0.2) is 0 Å². The van der Waals surface area contributed by atoms with E-state index in [2.05, 4.69) is 17.1 Å². The van der Waals surface area contributed by atoms with Crippen LogP contribution in [0.3, 0.4) is 0 Å². The third-order valence-electron chi connectivity index (χ3n) is 4.64. The van der Waals surface area contributed by atoms with Gasteiger partial charge in [-0.25, -0.2) is 0 Å². The van der Waals surface area contributed by atoms with Gasteiger partial charge in [0.05, 0.1) is 0 Å². The number of carbonyl (C=O) groups is 1. The van der Waals surface area contributed by atoms with Crippen molar-refractivity contribution in [2.24, 2.45) is 0 Å². The summed E-state index contributed by atoms with van der Waals surface area (Å²) in [5, 5.41) is 3.22. The summed E-state index contributed by atoms with van der Waals surface area (Å²) in [5.74, 6) is 0.246. The fourth-order valence-electron chi connectivity index (χ4n) is 3.61. The Balaban J connectivity index is 1.80. The van der Waals surface area contributed by atoms with Gasteiger partial charge in [0.2, 0.25) is 5.91 Å².